The number of fused-ring (bicyclic) bond motifs is 1. The molecule has 2 aliphatic rings. The van der Waals surface area contributed by atoms with Crippen LogP contribution in [0.2, 0.25) is 0 Å². The van der Waals surface area contributed by atoms with Crippen LogP contribution in [0.5, 0.6) is 0 Å². The zero-order valence-electron chi connectivity index (χ0n) is 17.3. The number of amides is 1. The SMILES string of the molecule is CC[C@H](C)[C@@H](N)C(=O)N1CCC2NNC(c3ccc(-c4ccccc4)cc3)C2C1. The second-order valence-electron chi connectivity index (χ2n) is 8.51. The van der Waals surface area contributed by atoms with Gasteiger partial charge in [0.1, 0.15) is 0 Å². The van der Waals surface area contributed by atoms with Crippen molar-refractivity contribution in [3.8, 4) is 11.1 Å². The number of nitrogens with one attached hydrogen (secondary N) is 2. The van der Waals surface area contributed by atoms with Gasteiger partial charge in [0.2, 0.25) is 5.91 Å². The molecule has 0 spiro atoms. The molecule has 4 N–H and O–H groups in total. The van der Waals surface area contributed by atoms with Gasteiger partial charge in [-0.2, -0.15) is 0 Å². The summed E-state index contributed by atoms with van der Waals surface area (Å²) in [5, 5.41) is 0. The second-order valence-corrected chi connectivity index (χ2v) is 8.51. The molecule has 3 unspecified atom stereocenters. The fourth-order valence-electron chi connectivity index (χ4n) is 4.56. The molecule has 5 heteroatoms. The summed E-state index contributed by atoms with van der Waals surface area (Å²) in [6.45, 7) is 5.67. The lowest BCUT2D eigenvalue weighted by Crippen LogP contribution is -2.53. The van der Waals surface area contributed by atoms with Gasteiger partial charge < -0.3 is 10.6 Å². The fraction of sp³-hybridized carbons (Fsp3) is 0.458. The first kappa shape index (κ1) is 20.1. The maximum Gasteiger partial charge on any atom is 0.239 e. The minimum Gasteiger partial charge on any atom is -0.341 e. The molecular weight excluding hydrogens is 360 g/mol. The van der Waals surface area contributed by atoms with Crippen molar-refractivity contribution < 1.29 is 4.79 Å². The summed E-state index contributed by atoms with van der Waals surface area (Å²) in [6.07, 6.45) is 1.88. The lowest BCUT2D eigenvalue weighted by molar-refractivity contribution is -0.135. The third kappa shape index (κ3) is 4.08. The monoisotopic (exact) mass is 392 g/mol. The number of likely N-dealkylation sites (tertiary alicyclic amines) is 1. The molecule has 5 atom stereocenters. The van der Waals surface area contributed by atoms with E-state index in [4.69, 9.17) is 5.73 Å². The van der Waals surface area contributed by atoms with Crippen LogP contribution < -0.4 is 16.6 Å². The number of nitrogens with two attached hydrogens (primary N) is 1. The Morgan fingerprint density at radius 3 is 2.48 bits per heavy atom. The molecular formula is C24H32N4O. The van der Waals surface area contributed by atoms with Crippen LogP contribution >= 0.6 is 0 Å². The van der Waals surface area contributed by atoms with Gasteiger partial charge in [-0.15, -0.1) is 0 Å². The molecule has 2 saturated heterocycles. The Labute approximate surface area is 173 Å². The van der Waals surface area contributed by atoms with Gasteiger partial charge in [0, 0.05) is 25.0 Å². The summed E-state index contributed by atoms with van der Waals surface area (Å²) in [5.74, 6) is 0.656. The molecule has 2 fully saturated rings. The van der Waals surface area contributed by atoms with Crippen molar-refractivity contribution in [2.24, 2.45) is 17.6 Å². The van der Waals surface area contributed by atoms with E-state index in [0.717, 1.165) is 25.9 Å². The van der Waals surface area contributed by atoms with Crippen LogP contribution in [0.3, 0.4) is 0 Å². The molecule has 2 aromatic rings. The van der Waals surface area contributed by atoms with Crippen molar-refractivity contribution in [3.63, 3.8) is 0 Å². The molecule has 4 rings (SSSR count). The largest absolute Gasteiger partial charge is 0.341 e. The highest BCUT2D eigenvalue weighted by Crippen LogP contribution is 2.35. The van der Waals surface area contributed by atoms with Crippen molar-refractivity contribution >= 4 is 5.91 Å². The topological polar surface area (TPSA) is 70.4 Å². The first-order chi connectivity index (χ1) is 14.1. The van der Waals surface area contributed by atoms with Gasteiger partial charge >= 0.3 is 0 Å². The molecule has 0 aliphatic carbocycles. The average Bonchev–Trinajstić information content (AvgIpc) is 3.21. The van der Waals surface area contributed by atoms with E-state index in [9.17, 15) is 4.79 Å². The first-order valence-electron chi connectivity index (χ1n) is 10.8. The summed E-state index contributed by atoms with van der Waals surface area (Å²) < 4.78 is 0. The smallest absolute Gasteiger partial charge is 0.239 e. The van der Waals surface area contributed by atoms with Crippen molar-refractivity contribution in [3.05, 3.63) is 60.2 Å². The standard InChI is InChI=1S/C24H32N4O/c1-3-16(2)22(25)24(29)28-14-13-21-20(15-28)23(27-26-21)19-11-9-18(10-12-19)17-7-5-4-6-8-17/h4-12,16,20-23,26-27H,3,13-15,25H2,1-2H3/t16-,20?,21?,22+,23?/m0/s1. The van der Waals surface area contributed by atoms with Gasteiger partial charge in [0.25, 0.3) is 0 Å². The number of hydrogen-bond donors (Lipinski definition) is 3. The zero-order valence-corrected chi connectivity index (χ0v) is 17.3. The molecule has 2 heterocycles. The van der Waals surface area contributed by atoms with Crippen LogP contribution in [-0.2, 0) is 4.79 Å². The Bertz CT molecular complexity index is 823. The van der Waals surface area contributed by atoms with Crippen molar-refractivity contribution in [2.45, 2.75) is 44.8 Å². The minimum absolute atomic E-state index is 0.0999. The van der Waals surface area contributed by atoms with Crippen LogP contribution in [0.15, 0.2) is 54.6 Å². The lowest BCUT2D eigenvalue weighted by Gasteiger charge is -2.38. The Morgan fingerprint density at radius 1 is 1.10 bits per heavy atom. The van der Waals surface area contributed by atoms with Gasteiger partial charge in [-0.1, -0.05) is 74.9 Å². The van der Waals surface area contributed by atoms with Gasteiger partial charge in [-0.3, -0.25) is 10.2 Å². The maximum atomic E-state index is 12.9. The number of nitrogens with zero attached hydrogens (tertiary/aromatic N) is 1. The predicted octanol–water partition coefficient (Wildman–Crippen LogP) is 3.09. The van der Waals surface area contributed by atoms with E-state index in [0.29, 0.717) is 12.0 Å². The number of rotatable bonds is 5. The molecule has 5 nitrogen and oxygen atoms in total. The molecule has 0 aromatic heterocycles. The summed E-state index contributed by atoms with van der Waals surface area (Å²) in [5.41, 5.74) is 16.9. The van der Waals surface area contributed by atoms with Gasteiger partial charge in [-0.25, -0.2) is 5.43 Å². The lowest BCUT2D eigenvalue weighted by atomic mass is 9.84. The molecule has 1 amide bonds. The predicted molar refractivity (Wildman–Crippen MR) is 117 cm³/mol. The van der Waals surface area contributed by atoms with Crippen molar-refractivity contribution in [1.29, 1.82) is 0 Å². The van der Waals surface area contributed by atoms with Crippen LogP contribution in [0.1, 0.15) is 38.3 Å². The van der Waals surface area contributed by atoms with E-state index >= 15 is 0 Å². The third-order valence-electron chi connectivity index (χ3n) is 6.74. The third-order valence-corrected chi connectivity index (χ3v) is 6.74. The number of piperidine rings is 1. The fourth-order valence-corrected chi connectivity index (χ4v) is 4.56. The quantitative estimate of drug-likeness (QED) is 0.731. The van der Waals surface area contributed by atoms with E-state index in [1.165, 1.54) is 16.7 Å². The number of hydrazine groups is 1. The van der Waals surface area contributed by atoms with Gasteiger partial charge in [-0.05, 0) is 29.0 Å². The van der Waals surface area contributed by atoms with Crippen LogP contribution in [-0.4, -0.2) is 36.0 Å². The average molecular weight is 393 g/mol. The summed E-state index contributed by atoms with van der Waals surface area (Å²) in [7, 11) is 0. The minimum atomic E-state index is -0.400. The number of carbonyl (C=O) groups is 1. The first-order valence-corrected chi connectivity index (χ1v) is 10.8. The normalized spacial score (nSPS) is 26.0. The highest BCUT2D eigenvalue weighted by atomic mass is 16.2. The molecule has 154 valence electrons. The molecule has 2 aliphatic heterocycles. The van der Waals surface area contributed by atoms with E-state index in [2.05, 4.69) is 73.2 Å². The van der Waals surface area contributed by atoms with Crippen LogP contribution in [0.4, 0.5) is 0 Å². The Balaban J connectivity index is 1.47. The highest BCUT2D eigenvalue weighted by Gasteiger charge is 2.42. The summed E-state index contributed by atoms with van der Waals surface area (Å²) >= 11 is 0. The zero-order chi connectivity index (χ0) is 20.4. The Kier molecular flexibility index (Phi) is 5.99. The van der Waals surface area contributed by atoms with E-state index in [-0.39, 0.29) is 17.9 Å². The Hall–Kier alpha value is -2.21. The molecule has 29 heavy (non-hydrogen) atoms. The number of carbonyl (C=O) groups excluding carboxylic acids is 1. The molecule has 2 aromatic carbocycles. The van der Waals surface area contributed by atoms with Gasteiger partial charge in [0.15, 0.2) is 0 Å². The van der Waals surface area contributed by atoms with Crippen molar-refractivity contribution in [2.75, 3.05) is 13.1 Å². The van der Waals surface area contributed by atoms with E-state index < -0.39 is 6.04 Å². The van der Waals surface area contributed by atoms with Crippen LogP contribution in [0, 0.1) is 11.8 Å². The van der Waals surface area contributed by atoms with E-state index in [1.54, 1.807) is 0 Å². The molecule has 0 bridgehead atoms. The molecule has 0 saturated carbocycles. The molecule has 0 radical (unpaired) electrons. The number of benzene rings is 2. The Morgan fingerprint density at radius 2 is 1.79 bits per heavy atom. The van der Waals surface area contributed by atoms with Crippen molar-refractivity contribution in [1.82, 2.24) is 15.8 Å². The highest BCUT2D eigenvalue weighted by molar-refractivity contribution is 5.82. The maximum absolute atomic E-state index is 12.9. The summed E-state index contributed by atoms with van der Waals surface area (Å²) in [4.78, 5) is 14.9. The number of hydrogen-bond acceptors (Lipinski definition) is 4. The second kappa shape index (κ2) is 8.66. The van der Waals surface area contributed by atoms with Crippen LogP contribution in [0.25, 0.3) is 11.1 Å². The van der Waals surface area contributed by atoms with E-state index in [1.807, 2.05) is 11.0 Å². The summed E-state index contributed by atoms with van der Waals surface area (Å²) in [6, 6.07) is 19.4. The van der Waals surface area contributed by atoms with Gasteiger partial charge in [0.05, 0.1) is 12.1 Å².